The smallest absolute Gasteiger partial charge is 0.264 e. The summed E-state index contributed by atoms with van der Waals surface area (Å²) >= 11 is 6.40. The average Bonchev–Trinajstić information content (AvgIpc) is 3.20. The number of β-lactam (4-membered cyclic amide) rings is 1. The van der Waals surface area contributed by atoms with E-state index in [4.69, 9.17) is 16.3 Å². The molecule has 2 saturated heterocycles. The number of hydrogen-bond donors (Lipinski definition) is 2. The van der Waals surface area contributed by atoms with Gasteiger partial charge in [0.15, 0.2) is 13.9 Å². The minimum absolute atomic E-state index is 0.0865. The number of hydrogen-bond acceptors (Lipinski definition) is 5. The molecule has 5 rings (SSSR count). The molecule has 2 aromatic rings. The monoisotopic (exact) mass is 514 g/mol. The van der Waals surface area contributed by atoms with Crippen molar-refractivity contribution in [3.05, 3.63) is 58.6 Å². The van der Waals surface area contributed by atoms with Gasteiger partial charge in [0, 0.05) is 47.3 Å². The molecule has 2 aromatic carbocycles. The highest BCUT2D eigenvalue weighted by atomic mass is 35.5. The van der Waals surface area contributed by atoms with Crippen molar-refractivity contribution < 1.29 is 24.2 Å². The fraction of sp³-hybridized carbons (Fsp3) is 0.462. The van der Waals surface area contributed by atoms with Gasteiger partial charge in [0.2, 0.25) is 5.91 Å². The second kappa shape index (κ2) is 8.71. The number of carbonyl (C=O) groups excluding carboxylic acids is 2. The Bertz CT molecular complexity index is 1180. The van der Waals surface area contributed by atoms with E-state index in [1.165, 1.54) is 0 Å². The van der Waals surface area contributed by atoms with Crippen LogP contribution in [0.2, 0.25) is 23.7 Å². The molecule has 35 heavy (non-hydrogen) atoms. The summed E-state index contributed by atoms with van der Waals surface area (Å²) in [6.07, 6.45) is 0.475. The van der Waals surface area contributed by atoms with Crippen LogP contribution in [0.25, 0.3) is 0 Å². The third kappa shape index (κ3) is 3.83. The van der Waals surface area contributed by atoms with Crippen molar-refractivity contribution >= 4 is 43.1 Å². The van der Waals surface area contributed by atoms with Crippen LogP contribution in [-0.2, 0) is 26.5 Å². The Hall–Kier alpha value is -2.23. The van der Waals surface area contributed by atoms with Gasteiger partial charge in [-0.25, -0.2) is 0 Å². The summed E-state index contributed by atoms with van der Waals surface area (Å²) in [4.78, 5) is 40.8. The van der Waals surface area contributed by atoms with Crippen LogP contribution in [-0.4, -0.2) is 49.3 Å². The van der Waals surface area contributed by atoms with Crippen molar-refractivity contribution in [1.82, 2.24) is 0 Å². The molecule has 3 aliphatic rings. The van der Waals surface area contributed by atoms with Crippen LogP contribution in [0, 0.1) is 5.92 Å². The van der Waals surface area contributed by atoms with Crippen molar-refractivity contribution in [2.75, 3.05) is 23.0 Å². The lowest BCUT2D eigenvalue weighted by molar-refractivity contribution is -0.146. The van der Waals surface area contributed by atoms with Gasteiger partial charge >= 0.3 is 0 Å². The van der Waals surface area contributed by atoms with Crippen LogP contribution >= 0.6 is 11.6 Å². The Morgan fingerprint density at radius 3 is 2.60 bits per heavy atom. The molecular formula is C26H31ClN2O5Si. The van der Waals surface area contributed by atoms with E-state index < -0.39 is 20.0 Å². The highest BCUT2D eigenvalue weighted by molar-refractivity contribution is 6.71. The molecule has 3 aliphatic heterocycles. The normalized spacial score (nSPS) is 28.1. The average molecular weight is 515 g/mol. The van der Waals surface area contributed by atoms with Gasteiger partial charge in [-0.3, -0.25) is 9.59 Å². The highest BCUT2D eigenvalue weighted by Crippen LogP contribution is 2.60. The molecule has 0 bridgehead atoms. The van der Waals surface area contributed by atoms with Crippen LogP contribution in [0.3, 0.4) is 0 Å². The molecule has 4 atom stereocenters. The van der Waals surface area contributed by atoms with Crippen molar-refractivity contribution in [2.24, 2.45) is 5.92 Å². The number of carbonyl (C=O) groups is 2. The van der Waals surface area contributed by atoms with Crippen LogP contribution in [0.5, 0.6) is 0 Å². The number of ether oxygens (including phenoxy) is 1. The maximum atomic E-state index is 14.2. The molecule has 0 radical (unpaired) electrons. The maximum Gasteiger partial charge on any atom is 0.264 e. The van der Waals surface area contributed by atoms with E-state index in [9.17, 15) is 19.5 Å². The number of benzene rings is 2. The molecule has 7 nitrogen and oxygen atoms in total. The van der Waals surface area contributed by atoms with Gasteiger partial charge < -0.3 is 24.4 Å². The molecule has 2 fully saturated rings. The first-order chi connectivity index (χ1) is 16.6. The molecule has 3 heterocycles. The first-order valence-corrected chi connectivity index (χ1v) is 15.5. The SMILES string of the molecule is C[C@@H]1[C@@H]([Si](C)(C)O)[C@H](CCO)O[C@@]12C(=O)N(Cc1cccc(N3CCC3=O)c1)c1ccc(Cl)cc12. The van der Waals surface area contributed by atoms with E-state index in [1.54, 1.807) is 21.9 Å². The lowest BCUT2D eigenvalue weighted by Gasteiger charge is -2.32. The molecule has 2 N–H and O–H groups in total. The molecule has 0 aliphatic carbocycles. The van der Waals surface area contributed by atoms with Gasteiger partial charge in [-0.2, -0.15) is 0 Å². The van der Waals surface area contributed by atoms with E-state index in [1.807, 2.05) is 50.3 Å². The fourth-order valence-corrected chi connectivity index (χ4v) is 8.97. The molecular weight excluding hydrogens is 484 g/mol. The molecule has 186 valence electrons. The number of anilines is 2. The largest absolute Gasteiger partial charge is 0.432 e. The zero-order chi connectivity index (χ0) is 25.1. The Labute approximate surface area is 211 Å². The summed E-state index contributed by atoms with van der Waals surface area (Å²) in [5, 5.41) is 10.2. The second-order valence-electron chi connectivity index (χ2n) is 10.4. The van der Waals surface area contributed by atoms with Crippen LogP contribution < -0.4 is 9.80 Å². The Morgan fingerprint density at radius 2 is 1.97 bits per heavy atom. The van der Waals surface area contributed by atoms with E-state index in [0.717, 1.165) is 16.9 Å². The second-order valence-corrected chi connectivity index (χ2v) is 14.8. The maximum absolute atomic E-state index is 14.2. The topological polar surface area (TPSA) is 90.3 Å². The third-order valence-corrected chi connectivity index (χ3v) is 10.5. The minimum atomic E-state index is -2.74. The summed E-state index contributed by atoms with van der Waals surface area (Å²) in [7, 11) is -2.74. The van der Waals surface area contributed by atoms with Crippen molar-refractivity contribution in [3.63, 3.8) is 0 Å². The predicted octanol–water partition coefficient (Wildman–Crippen LogP) is 3.80. The number of fused-ring (bicyclic) bond motifs is 2. The quantitative estimate of drug-likeness (QED) is 0.452. The number of halogens is 1. The summed E-state index contributed by atoms with van der Waals surface area (Å²) in [5.41, 5.74) is 1.67. The minimum Gasteiger partial charge on any atom is -0.432 e. The third-order valence-electron chi connectivity index (χ3n) is 7.77. The molecule has 0 unspecified atom stereocenters. The van der Waals surface area contributed by atoms with Gasteiger partial charge in [-0.15, -0.1) is 0 Å². The Balaban J connectivity index is 1.55. The van der Waals surface area contributed by atoms with E-state index >= 15 is 0 Å². The Kier molecular flexibility index (Phi) is 6.09. The zero-order valence-electron chi connectivity index (χ0n) is 20.2. The number of rotatable bonds is 6. The summed E-state index contributed by atoms with van der Waals surface area (Å²) in [6.45, 7) is 6.62. The first-order valence-electron chi connectivity index (χ1n) is 12.1. The van der Waals surface area contributed by atoms with Gasteiger partial charge in [0.25, 0.3) is 5.91 Å². The summed E-state index contributed by atoms with van der Waals surface area (Å²) < 4.78 is 6.58. The van der Waals surface area contributed by atoms with Crippen LogP contribution in [0.15, 0.2) is 42.5 Å². The van der Waals surface area contributed by atoms with Gasteiger partial charge in [0.1, 0.15) is 0 Å². The van der Waals surface area contributed by atoms with Crippen molar-refractivity contribution in [2.45, 2.75) is 56.7 Å². The Morgan fingerprint density at radius 1 is 1.20 bits per heavy atom. The van der Waals surface area contributed by atoms with E-state index in [-0.39, 0.29) is 29.9 Å². The summed E-state index contributed by atoms with van der Waals surface area (Å²) in [6, 6.07) is 13.1. The summed E-state index contributed by atoms with van der Waals surface area (Å²) in [5.74, 6) is -0.384. The van der Waals surface area contributed by atoms with Crippen LogP contribution in [0.1, 0.15) is 30.9 Å². The number of amides is 2. The number of aliphatic hydroxyl groups excluding tert-OH is 1. The molecule has 9 heteroatoms. The van der Waals surface area contributed by atoms with Gasteiger partial charge in [-0.05, 0) is 55.4 Å². The zero-order valence-corrected chi connectivity index (χ0v) is 22.0. The highest BCUT2D eigenvalue weighted by Gasteiger charge is 2.66. The van der Waals surface area contributed by atoms with E-state index in [2.05, 4.69) is 0 Å². The van der Waals surface area contributed by atoms with Gasteiger partial charge in [-0.1, -0.05) is 30.7 Å². The lowest BCUT2D eigenvalue weighted by Crippen LogP contribution is -2.46. The number of aliphatic hydroxyl groups is 1. The van der Waals surface area contributed by atoms with E-state index in [0.29, 0.717) is 36.5 Å². The standard InChI is InChI=1S/C26H31ClN2O5Si/c1-16-24(35(2,3)33)22(10-12-30)34-26(16)20-14-18(27)7-8-21(20)29(25(26)32)15-17-5-4-6-19(13-17)28-11-9-23(28)31/h4-8,13-14,16,22,24,30,33H,9-12,15H2,1-3H3/t16-,22+,24-,26+/m1/s1. The van der Waals surface area contributed by atoms with Crippen LogP contribution in [0.4, 0.5) is 11.4 Å². The van der Waals surface area contributed by atoms with Crippen molar-refractivity contribution in [1.29, 1.82) is 0 Å². The predicted molar refractivity (Wildman–Crippen MR) is 137 cm³/mol. The van der Waals surface area contributed by atoms with Gasteiger partial charge in [0.05, 0.1) is 18.3 Å². The first kappa shape index (κ1) is 24.5. The number of nitrogens with zero attached hydrogens (tertiary/aromatic N) is 2. The molecule has 2 amide bonds. The fourth-order valence-electron chi connectivity index (χ4n) is 6.20. The lowest BCUT2D eigenvalue weighted by atomic mass is 9.82. The molecule has 0 aromatic heterocycles. The molecule has 0 saturated carbocycles. The van der Waals surface area contributed by atoms with Crippen molar-refractivity contribution in [3.8, 4) is 0 Å². The molecule has 1 spiro atoms.